The molecule has 0 atom stereocenters. The van der Waals surface area contributed by atoms with Crippen molar-refractivity contribution in [3.05, 3.63) is 66.2 Å². The van der Waals surface area contributed by atoms with Crippen LogP contribution < -0.4 is 20.3 Å². The van der Waals surface area contributed by atoms with E-state index < -0.39 is 10.0 Å². The minimum Gasteiger partial charge on any atom is -0.353 e. The maximum absolute atomic E-state index is 13.0. The summed E-state index contributed by atoms with van der Waals surface area (Å²) >= 11 is 0. The van der Waals surface area contributed by atoms with E-state index in [2.05, 4.69) is 20.9 Å². The molecule has 0 aromatic heterocycles. The molecule has 9 nitrogen and oxygen atoms in total. The van der Waals surface area contributed by atoms with Gasteiger partial charge in [-0.3, -0.25) is 18.8 Å². The highest BCUT2D eigenvalue weighted by Gasteiger charge is 2.22. The highest BCUT2D eigenvalue weighted by Crippen LogP contribution is 2.38. The van der Waals surface area contributed by atoms with Crippen molar-refractivity contribution in [3.63, 3.8) is 0 Å². The topological polar surface area (TPSA) is 111 Å². The molecule has 3 aromatic carbocycles. The van der Waals surface area contributed by atoms with Crippen LogP contribution in [0.25, 0.3) is 11.1 Å². The minimum atomic E-state index is -3.46. The van der Waals surface area contributed by atoms with Crippen LogP contribution in [0.3, 0.4) is 0 Å². The van der Waals surface area contributed by atoms with Crippen LogP contribution in [-0.2, 0) is 14.8 Å². The first-order valence-electron chi connectivity index (χ1n) is 12.1. The number of hydrogen-bond acceptors (Lipinski definition) is 6. The van der Waals surface area contributed by atoms with E-state index in [0.717, 1.165) is 37.8 Å². The standard InChI is InChI=1S/C27H29N5O4S/c1-31(37(2,35)36)25-8-4-3-7-20(25)18-9-11-21-23(15-18)29-24-16-19(10-12-22(24)30-27(21)34)28-26(33)17-32-13-5-6-14-32/h3-4,7-12,15-16,29H,5-6,13-14,17H2,1-2H3,(H,28,33)(H,30,34). The largest absolute Gasteiger partial charge is 0.353 e. The second kappa shape index (κ2) is 9.87. The maximum Gasteiger partial charge on any atom is 0.257 e. The van der Waals surface area contributed by atoms with Crippen molar-refractivity contribution in [2.45, 2.75) is 12.8 Å². The third-order valence-electron chi connectivity index (χ3n) is 6.70. The molecule has 3 aromatic rings. The van der Waals surface area contributed by atoms with E-state index in [4.69, 9.17) is 0 Å². The lowest BCUT2D eigenvalue weighted by Gasteiger charge is -2.21. The summed E-state index contributed by atoms with van der Waals surface area (Å²) in [5.74, 6) is -0.339. The third kappa shape index (κ3) is 5.30. The number of fused-ring (bicyclic) bond motifs is 2. The zero-order valence-corrected chi connectivity index (χ0v) is 21.6. The second-order valence-corrected chi connectivity index (χ2v) is 11.4. The highest BCUT2D eigenvalue weighted by molar-refractivity contribution is 7.92. The molecule has 0 aliphatic carbocycles. The lowest BCUT2D eigenvalue weighted by atomic mass is 10.0. The van der Waals surface area contributed by atoms with Gasteiger partial charge in [-0.05, 0) is 67.9 Å². The summed E-state index contributed by atoms with van der Waals surface area (Å²) in [6.07, 6.45) is 3.39. The van der Waals surface area contributed by atoms with E-state index in [0.29, 0.717) is 46.1 Å². The van der Waals surface area contributed by atoms with Crippen molar-refractivity contribution >= 4 is 50.3 Å². The number of amides is 2. The number of sulfonamides is 1. The molecule has 0 unspecified atom stereocenters. The van der Waals surface area contributed by atoms with E-state index >= 15 is 0 Å². The fraction of sp³-hybridized carbons (Fsp3) is 0.259. The Bertz CT molecular complexity index is 1480. The summed E-state index contributed by atoms with van der Waals surface area (Å²) in [6.45, 7) is 2.23. The predicted octanol–water partition coefficient (Wildman–Crippen LogP) is 4.09. The number of benzene rings is 3. The smallest absolute Gasteiger partial charge is 0.257 e. The first-order chi connectivity index (χ1) is 17.7. The molecule has 3 N–H and O–H groups in total. The molecule has 0 saturated carbocycles. The van der Waals surface area contributed by atoms with Gasteiger partial charge in [0.1, 0.15) is 0 Å². The summed E-state index contributed by atoms with van der Waals surface area (Å²) in [6, 6.07) is 17.9. The minimum absolute atomic E-state index is 0.0752. The number of rotatable bonds is 6. The Morgan fingerprint density at radius 3 is 2.46 bits per heavy atom. The Balaban J connectivity index is 1.45. The molecular weight excluding hydrogens is 490 g/mol. The van der Waals surface area contributed by atoms with Crippen molar-refractivity contribution in [3.8, 4) is 11.1 Å². The van der Waals surface area contributed by atoms with Gasteiger partial charge in [-0.2, -0.15) is 0 Å². The average Bonchev–Trinajstić information content (AvgIpc) is 3.32. The van der Waals surface area contributed by atoms with Gasteiger partial charge in [0.15, 0.2) is 0 Å². The number of anilines is 5. The van der Waals surface area contributed by atoms with Crippen LogP contribution >= 0.6 is 0 Å². The van der Waals surface area contributed by atoms with E-state index in [1.54, 1.807) is 42.5 Å². The van der Waals surface area contributed by atoms with Crippen LogP contribution in [0.1, 0.15) is 23.2 Å². The number of nitrogens with zero attached hydrogens (tertiary/aromatic N) is 2. The van der Waals surface area contributed by atoms with Crippen LogP contribution in [0, 0.1) is 0 Å². The summed E-state index contributed by atoms with van der Waals surface area (Å²) in [4.78, 5) is 27.6. The van der Waals surface area contributed by atoms with Crippen LogP contribution in [0.5, 0.6) is 0 Å². The molecule has 37 heavy (non-hydrogen) atoms. The molecule has 2 amide bonds. The molecule has 0 radical (unpaired) electrons. The monoisotopic (exact) mass is 519 g/mol. The normalized spacial score (nSPS) is 15.1. The lowest BCUT2D eigenvalue weighted by Crippen LogP contribution is -2.30. The Morgan fingerprint density at radius 1 is 0.946 bits per heavy atom. The van der Waals surface area contributed by atoms with E-state index in [1.807, 2.05) is 18.2 Å². The summed E-state index contributed by atoms with van der Waals surface area (Å²) in [7, 11) is -1.95. The molecular formula is C27H29N5O4S. The third-order valence-corrected chi connectivity index (χ3v) is 7.89. The van der Waals surface area contributed by atoms with E-state index in [-0.39, 0.29) is 11.8 Å². The van der Waals surface area contributed by atoms with Gasteiger partial charge >= 0.3 is 0 Å². The number of likely N-dealkylation sites (tertiary alicyclic amines) is 1. The molecule has 2 heterocycles. The van der Waals surface area contributed by atoms with Gasteiger partial charge in [0.25, 0.3) is 5.91 Å². The number of para-hydroxylation sites is 1. The predicted molar refractivity (Wildman–Crippen MR) is 147 cm³/mol. The molecule has 2 aliphatic heterocycles. The molecule has 2 aliphatic rings. The number of carbonyl (C=O) groups is 2. The molecule has 0 spiro atoms. The van der Waals surface area contributed by atoms with Crippen molar-refractivity contribution in [2.24, 2.45) is 0 Å². The van der Waals surface area contributed by atoms with Crippen molar-refractivity contribution in [1.29, 1.82) is 0 Å². The molecule has 10 heteroatoms. The van der Waals surface area contributed by atoms with Gasteiger partial charge < -0.3 is 16.0 Å². The van der Waals surface area contributed by atoms with Crippen LogP contribution in [0.2, 0.25) is 0 Å². The summed E-state index contributed by atoms with van der Waals surface area (Å²) < 4.78 is 25.6. The van der Waals surface area contributed by atoms with Crippen LogP contribution in [-0.4, -0.2) is 58.1 Å². The molecule has 1 saturated heterocycles. The average molecular weight is 520 g/mol. The summed E-state index contributed by atoms with van der Waals surface area (Å²) in [5, 5.41) is 9.20. The molecule has 192 valence electrons. The number of nitrogens with one attached hydrogen (secondary N) is 3. The lowest BCUT2D eigenvalue weighted by molar-refractivity contribution is -0.117. The Kier molecular flexibility index (Phi) is 6.61. The van der Waals surface area contributed by atoms with Crippen LogP contribution in [0.4, 0.5) is 28.4 Å². The van der Waals surface area contributed by atoms with Gasteiger partial charge in [-0.1, -0.05) is 24.3 Å². The number of carbonyl (C=O) groups excluding carboxylic acids is 2. The second-order valence-electron chi connectivity index (χ2n) is 9.38. The fourth-order valence-electron chi connectivity index (χ4n) is 4.70. The van der Waals surface area contributed by atoms with E-state index in [1.165, 1.54) is 11.4 Å². The van der Waals surface area contributed by atoms with Gasteiger partial charge in [0, 0.05) is 18.3 Å². The highest BCUT2D eigenvalue weighted by atomic mass is 32.2. The zero-order valence-electron chi connectivity index (χ0n) is 20.7. The quantitative estimate of drug-likeness (QED) is 0.452. The fourth-order valence-corrected chi connectivity index (χ4v) is 5.21. The number of hydrogen-bond donors (Lipinski definition) is 3. The van der Waals surface area contributed by atoms with Crippen molar-refractivity contribution in [2.75, 3.05) is 53.2 Å². The SMILES string of the molecule is CN(c1ccccc1-c1ccc2c(c1)Nc1cc(NC(=O)CN3CCCC3)ccc1NC2=O)S(C)(=O)=O. The molecule has 5 rings (SSSR count). The molecule has 1 fully saturated rings. The Morgan fingerprint density at radius 2 is 1.70 bits per heavy atom. The first-order valence-corrected chi connectivity index (χ1v) is 14.0. The molecule has 0 bridgehead atoms. The summed E-state index contributed by atoms with van der Waals surface area (Å²) in [5.41, 5.74) is 4.90. The van der Waals surface area contributed by atoms with Crippen molar-refractivity contribution < 1.29 is 18.0 Å². The van der Waals surface area contributed by atoms with Gasteiger partial charge in [0.05, 0.1) is 41.1 Å². The van der Waals surface area contributed by atoms with Crippen LogP contribution in [0.15, 0.2) is 60.7 Å². The van der Waals surface area contributed by atoms with Gasteiger partial charge in [-0.25, -0.2) is 8.42 Å². The van der Waals surface area contributed by atoms with Gasteiger partial charge in [0.2, 0.25) is 15.9 Å². The van der Waals surface area contributed by atoms with Gasteiger partial charge in [-0.15, -0.1) is 0 Å². The Labute approximate surface area is 216 Å². The first kappa shape index (κ1) is 24.8. The Hall–Kier alpha value is -3.89. The van der Waals surface area contributed by atoms with E-state index in [9.17, 15) is 18.0 Å². The maximum atomic E-state index is 13.0. The zero-order chi connectivity index (χ0) is 26.2. The van der Waals surface area contributed by atoms with Crippen molar-refractivity contribution in [1.82, 2.24) is 4.90 Å².